The van der Waals surface area contributed by atoms with Gasteiger partial charge in [-0.15, -0.1) is 0 Å². The Bertz CT molecular complexity index is 279. The molecule has 0 saturated heterocycles. The molecule has 0 heterocycles. The van der Waals surface area contributed by atoms with Crippen molar-refractivity contribution in [2.24, 2.45) is 0 Å². The van der Waals surface area contributed by atoms with Crippen LogP contribution in [0.4, 0.5) is 0 Å². The largest absolute Gasteiger partial charge is 0.669 e. The number of hydrogen-bond donors (Lipinski definition) is 0. The molecule has 0 N–H and O–H groups in total. The average Bonchev–Trinajstić information content (AvgIpc) is 2.47. The van der Waals surface area contributed by atoms with Crippen LogP contribution in [0.2, 0.25) is 13.1 Å². The van der Waals surface area contributed by atoms with Crippen LogP contribution >= 0.6 is 0 Å². The van der Waals surface area contributed by atoms with E-state index in [0.717, 1.165) is 0 Å². The molecule has 0 aromatic heterocycles. The summed E-state index contributed by atoms with van der Waals surface area (Å²) in [6.07, 6.45) is 0. The molecule has 1 unspecified atom stereocenters. The lowest BCUT2D eigenvalue weighted by Gasteiger charge is -2.37. The molecule has 0 radical (unpaired) electrons. The van der Waals surface area contributed by atoms with Gasteiger partial charge in [0.05, 0.1) is 0 Å². The lowest BCUT2D eigenvalue weighted by atomic mass is 10.9. The Kier molecular flexibility index (Phi) is 8.97. The third-order valence-corrected chi connectivity index (χ3v) is 11.4. The first-order valence-electron chi connectivity index (χ1n) is 6.39. The Morgan fingerprint density at radius 2 is 1.05 bits per heavy atom. The molecular formula is C10H28O8Si3. The summed E-state index contributed by atoms with van der Waals surface area (Å²) in [5.74, 6) is 0. The van der Waals surface area contributed by atoms with E-state index in [9.17, 15) is 0 Å². The SMILES string of the molecule is CO[Si](OC)(OC)O[Si](C)(C)OC(C)[Si](OC)(OC)OC. The van der Waals surface area contributed by atoms with Crippen LogP contribution in [0.1, 0.15) is 6.92 Å². The van der Waals surface area contributed by atoms with Gasteiger partial charge in [-0.05, 0) is 20.0 Å². The number of hydrogen-bond acceptors (Lipinski definition) is 8. The van der Waals surface area contributed by atoms with E-state index < -0.39 is 32.1 Å². The van der Waals surface area contributed by atoms with Gasteiger partial charge in [0.15, 0.2) is 0 Å². The smallest absolute Gasteiger partial charge is 0.387 e. The van der Waals surface area contributed by atoms with E-state index in [-0.39, 0.29) is 0 Å². The third kappa shape index (κ3) is 5.47. The molecule has 1 atom stereocenters. The van der Waals surface area contributed by atoms with E-state index >= 15 is 0 Å². The molecule has 0 aromatic rings. The summed E-state index contributed by atoms with van der Waals surface area (Å²) in [5, 5.41) is 0. The van der Waals surface area contributed by atoms with Crippen molar-refractivity contribution in [3.8, 4) is 0 Å². The minimum absolute atomic E-state index is 0.406. The summed E-state index contributed by atoms with van der Waals surface area (Å²) in [7, 11) is 0.305. The van der Waals surface area contributed by atoms with Gasteiger partial charge < -0.3 is 35.1 Å². The second-order valence-corrected chi connectivity index (χ2v) is 13.9. The topological polar surface area (TPSA) is 73.8 Å². The van der Waals surface area contributed by atoms with Gasteiger partial charge >= 0.3 is 26.4 Å². The highest BCUT2D eigenvalue weighted by Gasteiger charge is 2.53. The normalized spacial score (nSPS) is 15.3. The van der Waals surface area contributed by atoms with Gasteiger partial charge in [0, 0.05) is 42.7 Å². The monoisotopic (exact) mass is 360 g/mol. The van der Waals surface area contributed by atoms with Gasteiger partial charge in [-0.2, -0.15) is 0 Å². The summed E-state index contributed by atoms with van der Waals surface area (Å²) in [5.41, 5.74) is -0.406. The lowest BCUT2D eigenvalue weighted by Crippen LogP contribution is -2.61. The molecule has 128 valence electrons. The molecule has 0 spiro atoms. The molecule has 0 saturated carbocycles. The van der Waals surface area contributed by atoms with E-state index in [1.807, 2.05) is 20.0 Å². The summed E-state index contributed by atoms with van der Waals surface area (Å²) in [6, 6.07) is 0. The van der Waals surface area contributed by atoms with Crippen molar-refractivity contribution in [2.75, 3.05) is 42.7 Å². The van der Waals surface area contributed by atoms with E-state index in [2.05, 4.69) is 0 Å². The van der Waals surface area contributed by atoms with Crippen molar-refractivity contribution < 1.29 is 35.1 Å². The summed E-state index contributed by atoms with van der Waals surface area (Å²) < 4.78 is 44.0. The first kappa shape index (κ1) is 21.3. The lowest BCUT2D eigenvalue weighted by molar-refractivity contribution is 0.0224. The zero-order valence-electron chi connectivity index (χ0n) is 14.3. The van der Waals surface area contributed by atoms with Crippen molar-refractivity contribution in [3.05, 3.63) is 0 Å². The second-order valence-electron chi connectivity index (χ2n) is 4.59. The second kappa shape index (κ2) is 8.83. The molecule has 0 rings (SSSR count). The van der Waals surface area contributed by atoms with Gasteiger partial charge in [0.1, 0.15) is 5.73 Å². The van der Waals surface area contributed by atoms with Gasteiger partial charge in [-0.25, -0.2) is 0 Å². The maximum absolute atomic E-state index is 6.04. The van der Waals surface area contributed by atoms with Gasteiger partial charge in [-0.1, -0.05) is 0 Å². The summed E-state index contributed by atoms with van der Waals surface area (Å²) in [4.78, 5) is 0. The zero-order valence-corrected chi connectivity index (χ0v) is 17.3. The molecule has 21 heavy (non-hydrogen) atoms. The van der Waals surface area contributed by atoms with Crippen molar-refractivity contribution in [1.29, 1.82) is 0 Å². The predicted molar refractivity (Wildman–Crippen MR) is 82.7 cm³/mol. The van der Waals surface area contributed by atoms with E-state index in [0.29, 0.717) is 0 Å². The molecular weight excluding hydrogens is 332 g/mol. The van der Waals surface area contributed by atoms with Crippen LogP contribution < -0.4 is 0 Å². The fourth-order valence-corrected chi connectivity index (χ4v) is 9.82. The molecule has 0 aliphatic rings. The maximum atomic E-state index is 6.04. The molecule has 0 aliphatic heterocycles. The highest BCUT2D eigenvalue weighted by atomic mass is 28.5. The minimum Gasteiger partial charge on any atom is -0.387 e. The molecule has 0 aromatic carbocycles. The fraction of sp³-hybridized carbons (Fsp3) is 1.00. The Hall–Kier alpha value is 0.331. The molecule has 0 amide bonds. The van der Waals surface area contributed by atoms with E-state index in [1.54, 1.807) is 0 Å². The Morgan fingerprint density at radius 3 is 1.33 bits per heavy atom. The Balaban J connectivity index is 5.02. The zero-order chi connectivity index (χ0) is 16.7. The Morgan fingerprint density at radius 1 is 0.667 bits per heavy atom. The van der Waals surface area contributed by atoms with Crippen molar-refractivity contribution in [2.45, 2.75) is 25.7 Å². The Labute approximate surface area is 130 Å². The quantitative estimate of drug-likeness (QED) is 0.503. The first-order valence-corrected chi connectivity index (χ1v) is 12.6. The van der Waals surface area contributed by atoms with Crippen molar-refractivity contribution >= 4 is 26.4 Å². The maximum Gasteiger partial charge on any atom is 0.669 e. The molecule has 0 bridgehead atoms. The summed E-state index contributed by atoms with van der Waals surface area (Å²) >= 11 is 0. The van der Waals surface area contributed by atoms with Crippen LogP contribution in [0.5, 0.6) is 0 Å². The molecule has 11 heteroatoms. The highest BCUT2D eigenvalue weighted by molar-refractivity contribution is 6.75. The minimum atomic E-state index is -3.18. The molecule has 8 nitrogen and oxygen atoms in total. The van der Waals surface area contributed by atoms with Crippen LogP contribution in [0, 0.1) is 0 Å². The van der Waals surface area contributed by atoms with Crippen molar-refractivity contribution in [3.63, 3.8) is 0 Å². The predicted octanol–water partition coefficient (Wildman–Crippen LogP) is 0.902. The molecule has 0 aliphatic carbocycles. The van der Waals surface area contributed by atoms with Crippen LogP contribution in [0.3, 0.4) is 0 Å². The summed E-state index contributed by atoms with van der Waals surface area (Å²) in [6.45, 7) is 5.56. The van der Waals surface area contributed by atoms with Gasteiger partial charge in [-0.3, -0.25) is 0 Å². The van der Waals surface area contributed by atoms with Gasteiger partial charge in [0.25, 0.3) is 0 Å². The van der Waals surface area contributed by atoms with Crippen LogP contribution in [0.15, 0.2) is 0 Å². The van der Waals surface area contributed by atoms with Gasteiger partial charge in [0.2, 0.25) is 0 Å². The average molecular weight is 361 g/mol. The van der Waals surface area contributed by atoms with E-state index in [4.69, 9.17) is 35.1 Å². The standard InChI is InChI=1S/C10H28O8Si3/c1-10(20(11-2,12-3)13-4)17-19(8,9)18-21(14-5,15-6)16-7/h10H,1-9H3. The van der Waals surface area contributed by atoms with Crippen LogP contribution in [0.25, 0.3) is 0 Å². The third-order valence-electron chi connectivity index (χ3n) is 2.93. The fourth-order valence-electron chi connectivity index (χ4n) is 1.95. The van der Waals surface area contributed by atoms with Crippen LogP contribution in [-0.4, -0.2) is 74.8 Å². The highest BCUT2D eigenvalue weighted by Crippen LogP contribution is 2.23. The first-order chi connectivity index (χ1) is 9.70. The number of rotatable bonds is 11. The van der Waals surface area contributed by atoms with Crippen LogP contribution in [-0.2, 0) is 35.1 Å². The molecule has 0 fully saturated rings. The van der Waals surface area contributed by atoms with Crippen molar-refractivity contribution in [1.82, 2.24) is 0 Å². The van der Waals surface area contributed by atoms with E-state index in [1.165, 1.54) is 42.7 Å².